The van der Waals surface area contributed by atoms with E-state index in [0.29, 0.717) is 12.1 Å². The standard InChI is InChI=1S/C15H32N2/c1-11(2)7-8-14(6)17-10-13(5)16-9-15(17)12(3)4/h11-16H,7-10H2,1-6H3. The van der Waals surface area contributed by atoms with Crippen LogP contribution in [0.1, 0.15) is 54.4 Å². The summed E-state index contributed by atoms with van der Waals surface area (Å²) in [6, 6.07) is 2.09. The first-order chi connectivity index (χ1) is 7.91. The zero-order valence-corrected chi connectivity index (χ0v) is 12.7. The van der Waals surface area contributed by atoms with Crippen LogP contribution in [0, 0.1) is 11.8 Å². The van der Waals surface area contributed by atoms with Gasteiger partial charge in [0.2, 0.25) is 0 Å². The van der Waals surface area contributed by atoms with E-state index in [9.17, 15) is 0 Å². The minimum absolute atomic E-state index is 0.645. The van der Waals surface area contributed by atoms with Gasteiger partial charge < -0.3 is 5.32 Å². The molecule has 1 rings (SSSR count). The maximum atomic E-state index is 3.62. The molecule has 0 aliphatic carbocycles. The first-order valence-corrected chi connectivity index (χ1v) is 7.41. The average molecular weight is 240 g/mol. The predicted octanol–water partition coefficient (Wildman–Crippen LogP) is 3.13. The van der Waals surface area contributed by atoms with Crippen molar-refractivity contribution < 1.29 is 0 Å². The first kappa shape index (κ1) is 15.0. The third kappa shape index (κ3) is 4.59. The van der Waals surface area contributed by atoms with Crippen molar-refractivity contribution in [3.63, 3.8) is 0 Å². The molecule has 0 spiro atoms. The number of nitrogens with one attached hydrogen (secondary N) is 1. The molecule has 1 fully saturated rings. The lowest BCUT2D eigenvalue weighted by Gasteiger charge is -2.45. The Balaban J connectivity index is 2.55. The van der Waals surface area contributed by atoms with Crippen molar-refractivity contribution in [1.82, 2.24) is 10.2 Å². The van der Waals surface area contributed by atoms with Gasteiger partial charge in [-0.3, -0.25) is 4.90 Å². The van der Waals surface area contributed by atoms with Gasteiger partial charge in [-0.05, 0) is 38.5 Å². The summed E-state index contributed by atoms with van der Waals surface area (Å²) < 4.78 is 0. The van der Waals surface area contributed by atoms with Crippen molar-refractivity contribution in [2.75, 3.05) is 13.1 Å². The Kier molecular flexibility index (Phi) is 5.94. The van der Waals surface area contributed by atoms with Crippen molar-refractivity contribution in [1.29, 1.82) is 0 Å². The maximum absolute atomic E-state index is 3.62. The van der Waals surface area contributed by atoms with E-state index < -0.39 is 0 Å². The Labute approximate surface area is 108 Å². The molecule has 0 aromatic heterocycles. The summed E-state index contributed by atoms with van der Waals surface area (Å²) in [7, 11) is 0. The van der Waals surface area contributed by atoms with Crippen LogP contribution in [0.5, 0.6) is 0 Å². The maximum Gasteiger partial charge on any atom is 0.0247 e. The molecule has 0 radical (unpaired) electrons. The van der Waals surface area contributed by atoms with Crippen LogP contribution in [-0.4, -0.2) is 36.1 Å². The molecule has 1 aliphatic rings. The van der Waals surface area contributed by atoms with E-state index >= 15 is 0 Å². The van der Waals surface area contributed by atoms with E-state index in [2.05, 4.69) is 51.8 Å². The van der Waals surface area contributed by atoms with E-state index in [1.807, 2.05) is 0 Å². The van der Waals surface area contributed by atoms with Crippen LogP contribution in [0.25, 0.3) is 0 Å². The summed E-state index contributed by atoms with van der Waals surface area (Å²) in [6.07, 6.45) is 2.69. The van der Waals surface area contributed by atoms with Crippen molar-refractivity contribution >= 4 is 0 Å². The second-order valence-corrected chi connectivity index (χ2v) is 6.64. The van der Waals surface area contributed by atoms with Crippen LogP contribution in [-0.2, 0) is 0 Å². The molecule has 1 aliphatic heterocycles. The molecule has 2 heteroatoms. The highest BCUT2D eigenvalue weighted by Crippen LogP contribution is 2.21. The topological polar surface area (TPSA) is 15.3 Å². The fourth-order valence-corrected chi connectivity index (χ4v) is 2.82. The molecule has 0 amide bonds. The molecule has 1 N–H and O–H groups in total. The lowest BCUT2D eigenvalue weighted by atomic mass is 9.94. The molecule has 1 saturated heterocycles. The van der Waals surface area contributed by atoms with E-state index in [1.165, 1.54) is 19.4 Å². The largest absolute Gasteiger partial charge is 0.311 e. The molecule has 3 unspecified atom stereocenters. The van der Waals surface area contributed by atoms with Crippen molar-refractivity contribution in [2.45, 2.75) is 72.5 Å². The van der Waals surface area contributed by atoms with E-state index in [-0.39, 0.29) is 0 Å². The van der Waals surface area contributed by atoms with E-state index in [1.54, 1.807) is 0 Å². The van der Waals surface area contributed by atoms with E-state index in [0.717, 1.165) is 24.4 Å². The van der Waals surface area contributed by atoms with Crippen LogP contribution < -0.4 is 5.32 Å². The van der Waals surface area contributed by atoms with Crippen LogP contribution in [0.3, 0.4) is 0 Å². The number of hydrogen-bond acceptors (Lipinski definition) is 2. The quantitative estimate of drug-likeness (QED) is 0.794. The molecule has 0 aromatic carbocycles. The highest BCUT2D eigenvalue weighted by atomic mass is 15.3. The number of rotatable bonds is 5. The van der Waals surface area contributed by atoms with Gasteiger partial charge in [0.05, 0.1) is 0 Å². The van der Waals surface area contributed by atoms with Gasteiger partial charge in [0, 0.05) is 31.2 Å². The average Bonchev–Trinajstić information content (AvgIpc) is 2.25. The molecule has 0 bridgehead atoms. The Morgan fingerprint density at radius 3 is 2.29 bits per heavy atom. The number of hydrogen-bond donors (Lipinski definition) is 1. The zero-order chi connectivity index (χ0) is 13.0. The summed E-state index contributed by atoms with van der Waals surface area (Å²) in [6.45, 7) is 16.4. The molecule has 17 heavy (non-hydrogen) atoms. The first-order valence-electron chi connectivity index (χ1n) is 7.41. The summed E-state index contributed by atoms with van der Waals surface area (Å²) >= 11 is 0. The summed E-state index contributed by atoms with van der Waals surface area (Å²) in [5.74, 6) is 1.58. The van der Waals surface area contributed by atoms with Crippen LogP contribution >= 0.6 is 0 Å². The van der Waals surface area contributed by atoms with Gasteiger partial charge in [0.1, 0.15) is 0 Å². The minimum atomic E-state index is 0.645. The summed E-state index contributed by atoms with van der Waals surface area (Å²) in [4.78, 5) is 2.74. The van der Waals surface area contributed by atoms with Gasteiger partial charge in [-0.25, -0.2) is 0 Å². The zero-order valence-electron chi connectivity index (χ0n) is 12.7. The highest BCUT2D eigenvalue weighted by Gasteiger charge is 2.30. The molecule has 0 aromatic rings. The third-order valence-corrected chi connectivity index (χ3v) is 4.08. The Morgan fingerprint density at radius 2 is 1.76 bits per heavy atom. The molecular formula is C15H32N2. The van der Waals surface area contributed by atoms with Gasteiger partial charge in [0.15, 0.2) is 0 Å². The van der Waals surface area contributed by atoms with Gasteiger partial charge in [-0.1, -0.05) is 27.7 Å². The molecule has 3 atom stereocenters. The van der Waals surface area contributed by atoms with Gasteiger partial charge in [-0.2, -0.15) is 0 Å². The number of piperazine rings is 1. The van der Waals surface area contributed by atoms with Crippen molar-refractivity contribution in [3.05, 3.63) is 0 Å². The fourth-order valence-electron chi connectivity index (χ4n) is 2.82. The lowest BCUT2D eigenvalue weighted by molar-refractivity contribution is 0.0603. The third-order valence-electron chi connectivity index (χ3n) is 4.08. The predicted molar refractivity (Wildman–Crippen MR) is 76.3 cm³/mol. The van der Waals surface area contributed by atoms with Crippen LogP contribution in [0.2, 0.25) is 0 Å². The van der Waals surface area contributed by atoms with E-state index in [4.69, 9.17) is 0 Å². The summed E-state index contributed by atoms with van der Waals surface area (Å²) in [5.41, 5.74) is 0. The summed E-state index contributed by atoms with van der Waals surface area (Å²) in [5, 5.41) is 3.62. The van der Waals surface area contributed by atoms with Gasteiger partial charge >= 0.3 is 0 Å². The van der Waals surface area contributed by atoms with Gasteiger partial charge in [-0.15, -0.1) is 0 Å². The molecule has 0 saturated carbocycles. The molecule has 2 nitrogen and oxygen atoms in total. The second kappa shape index (κ2) is 6.75. The Morgan fingerprint density at radius 1 is 1.12 bits per heavy atom. The van der Waals surface area contributed by atoms with Gasteiger partial charge in [0.25, 0.3) is 0 Å². The minimum Gasteiger partial charge on any atom is -0.311 e. The fraction of sp³-hybridized carbons (Fsp3) is 1.00. The second-order valence-electron chi connectivity index (χ2n) is 6.64. The smallest absolute Gasteiger partial charge is 0.0247 e. The molecule has 102 valence electrons. The molecule has 1 heterocycles. The van der Waals surface area contributed by atoms with Crippen molar-refractivity contribution in [3.8, 4) is 0 Å². The monoisotopic (exact) mass is 240 g/mol. The SMILES string of the molecule is CC(C)CCC(C)N1CC(C)NCC1C(C)C. The Bertz CT molecular complexity index is 213. The van der Waals surface area contributed by atoms with Crippen molar-refractivity contribution in [2.24, 2.45) is 11.8 Å². The van der Waals surface area contributed by atoms with Crippen LogP contribution in [0.15, 0.2) is 0 Å². The Hall–Kier alpha value is -0.0800. The lowest BCUT2D eigenvalue weighted by Crippen LogP contribution is -2.59. The number of nitrogens with zero attached hydrogens (tertiary/aromatic N) is 1. The normalized spacial score (nSPS) is 28.9. The highest BCUT2D eigenvalue weighted by molar-refractivity contribution is 4.88. The van der Waals surface area contributed by atoms with Crippen LogP contribution in [0.4, 0.5) is 0 Å². The molecular weight excluding hydrogens is 208 g/mol.